The fourth-order valence-corrected chi connectivity index (χ4v) is 2.13. The van der Waals surface area contributed by atoms with Gasteiger partial charge in [-0.3, -0.25) is 10.1 Å². The zero-order chi connectivity index (χ0) is 15.7. The molecule has 2 rings (SSSR count). The molecule has 0 aliphatic heterocycles. The van der Waals surface area contributed by atoms with Gasteiger partial charge in [-0.05, 0) is 44.4 Å². The topological polar surface area (TPSA) is 78.2 Å². The normalized spacial score (nSPS) is 10.5. The Morgan fingerprint density at radius 3 is 2.43 bits per heavy atom. The molecule has 0 N–H and O–H groups in total. The molecule has 110 valence electrons. The molecular formula is C14H14ClN3O3. The SMILES string of the molecule is Cc1cc(C)c(Oc2nnc(Cl)c(C)c2C)c([N+](=O)[O-])c1. The van der Waals surface area contributed by atoms with E-state index in [4.69, 9.17) is 16.3 Å². The van der Waals surface area contributed by atoms with Gasteiger partial charge in [-0.1, -0.05) is 17.7 Å². The van der Waals surface area contributed by atoms with Crippen molar-refractivity contribution in [2.24, 2.45) is 0 Å². The average Bonchev–Trinajstić information content (AvgIpc) is 2.41. The van der Waals surface area contributed by atoms with Gasteiger partial charge in [-0.15, -0.1) is 10.2 Å². The van der Waals surface area contributed by atoms with E-state index in [0.717, 1.165) is 11.1 Å². The second kappa shape index (κ2) is 5.65. The predicted molar refractivity (Wildman–Crippen MR) is 79.2 cm³/mol. The van der Waals surface area contributed by atoms with Crippen LogP contribution in [0.25, 0.3) is 0 Å². The van der Waals surface area contributed by atoms with Crippen molar-refractivity contribution >= 4 is 17.3 Å². The zero-order valence-electron chi connectivity index (χ0n) is 12.1. The number of hydrogen-bond acceptors (Lipinski definition) is 5. The molecule has 2 aromatic rings. The van der Waals surface area contributed by atoms with E-state index in [1.807, 2.05) is 6.07 Å². The highest BCUT2D eigenvalue weighted by molar-refractivity contribution is 6.30. The number of nitro benzene ring substituents is 1. The third kappa shape index (κ3) is 2.95. The van der Waals surface area contributed by atoms with Gasteiger partial charge in [0.25, 0.3) is 0 Å². The van der Waals surface area contributed by atoms with Gasteiger partial charge in [0, 0.05) is 11.6 Å². The first-order valence-electron chi connectivity index (χ1n) is 6.24. The summed E-state index contributed by atoms with van der Waals surface area (Å²) in [6.07, 6.45) is 0. The van der Waals surface area contributed by atoms with E-state index in [-0.39, 0.29) is 22.5 Å². The number of aromatic nitrogens is 2. The van der Waals surface area contributed by atoms with Gasteiger partial charge in [0.2, 0.25) is 11.6 Å². The van der Waals surface area contributed by atoms with Crippen molar-refractivity contribution in [3.05, 3.63) is 49.7 Å². The monoisotopic (exact) mass is 307 g/mol. The highest BCUT2D eigenvalue weighted by Gasteiger charge is 2.21. The van der Waals surface area contributed by atoms with E-state index in [2.05, 4.69) is 10.2 Å². The van der Waals surface area contributed by atoms with Gasteiger partial charge in [0.15, 0.2) is 5.15 Å². The van der Waals surface area contributed by atoms with Crippen molar-refractivity contribution in [1.29, 1.82) is 0 Å². The summed E-state index contributed by atoms with van der Waals surface area (Å²) in [5, 5.41) is 19.1. The van der Waals surface area contributed by atoms with Crippen LogP contribution >= 0.6 is 11.6 Å². The Kier molecular flexibility index (Phi) is 4.09. The molecule has 21 heavy (non-hydrogen) atoms. The van der Waals surface area contributed by atoms with Gasteiger partial charge in [-0.25, -0.2) is 0 Å². The summed E-state index contributed by atoms with van der Waals surface area (Å²) in [4.78, 5) is 10.7. The Hall–Kier alpha value is -2.21. The number of halogens is 1. The Morgan fingerprint density at radius 2 is 1.81 bits per heavy atom. The van der Waals surface area contributed by atoms with E-state index < -0.39 is 4.92 Å². The van der Waals surface area contributed by atoms with Gasteiger partial charge in [0.05, 0.1) is 4.92 Å². The summed E-state index contributed by atoms with van der Waals surface area (Å²) in [6, 6.07) is 3.28. The third-order valence-corrected chi connectivity index (χ3v) is 3.58. The maximum absolute atomic E-state index is 11.2. The first-order chi connectivity index (χ1) is 9.81. The molecule has 0 saturated heterocycles. The highest BCUT2D eigenvalue weighted by Crippen LogP contribution is 2.36. The van der Waals surface area contributed by atoms with E-state index >= 15 is 0 Å². The summed E-state index contributed by atoms with van der Waals surface area (Å²) in [6.45, 7) is 7.11. The van der Waals surface area contributed by atoms with Crippen LogP contribution < -0.4 is 4.74 Å². The van der Waals surface area contributed by atoms with Crippen LogP contribution in [0.4, 0.5) is 5.69 Å². The van der Waals surface area contributed by atoms with E-state index in [1.54, 1.807) is 27.7 Å². The number of benzene rings is 1. The van der Waals surface area contributed by atoms with Crippen LogP contribution in [0.1, 0.15) is 22.3 Å². The Balaban J connectivity index is 2.54. The minimum absolute atomic E-state index is 0.0960. The molecule has 0 amide bonds. The lowest BCUT2D eigenvalue weighted by atomic mass is 10.1. The van der Waals surface area contributed by atoms with Crippen molar-refractivity contribution in [1.82, 2.24) is 10.2 Å². The molecule has 0 unspecified atom stereocenters. The number of nitrogens with zero attached hydrogens (tertiary/aromatic N) is 3. The smallest absolute Gasteiger partial charge is 0.312 e. The first-order valence-corrected chi connectivity index (χ1v) is 6.62. The maximum atomic E-state index is 11.2. The zero-order valence-corrected chi connectivity index (χ0v) is 12.9. The van der Waals surface area contributed by atoms with Crippen LogP contribution in [0.5, 0.6) is 11.6 Å². The number of aryl methyl sites for hydroxylation is 2. The molecule has 0 spiro atoms. The largest absolute Gasteiger partial charge is 0.430 e. The lowest BCUT2D eigenvalue weighted by molar-refractivity contribution is -0.385. The Labute approximate surface area is 126 Å². The molecule has 0 saturated carbocycles. The van der Waals surface area contributed by atoms with Crippen LogP contribution in [0, 0.1) is 37.8 Å². The molecule has 0 aliphatic rings. The molecular weight excluding hydrogens is 294 g/mol. The second-order valence-corrected chi connectivity index (χ2v) is 5.19. The molecule has 0 radical (unpaired) electrons. The summed E-state index contributed by atoms with van der Waals surface area (Å²) in [7, 11) is 0. The maximum Gasteiger partial charge on any atom is 0.312 e. The summed E-state index contributed by atoms with van der Waals surface area (Å²) in [5.74, 6) is 0.386. The number of hydrogen-bond donors (Lipinski definition) is 0. The second-order valence-electron chi connectivity index (χ2n) is 4.84. The highest BCUT2D eigenvalue weighted by atomic mass is 35.5. The number of nitro groups is 1. The predicted octanol–water partition coefficient (Wildman–Crippen LogP) is 4.06. The molecule has 0 bridgehead atoms. The Morgan fingerprint density at radius 1 is 1.14 bits per heavy atom. The van der Waals surface area contributed by atoms with E-state index in [9.17, 15) is 10.1 Å². The number of ether oxygens (including phenoxy) is 1. The average molecular weight is 308 g/mol. The summed E-state index contributed by atoms with van der Waals surface area (Å²) < 4.78 is 5.65. The molecule has 6 nitrogen and oxygen atoms in total. The van der Waals surface area contributed by atoms with Crippen molar-refractivity contribution in [3.63, 3.8) is 0 Å². The van der Waals surface area contributed by atoms with Gasteiger partial charge in [0.1, 0.15) is 0 Å². The molecule has 1 heterocycles. The first kappa shape index (κ1) is 15.2. The van der Waals surface area contributed by atoms with Crippen molar-refractivity contribution < 1.29 is 9.66 Å². The third-order valence-electron chi connectivity index (χ3n) is 3.22. The van der Waals surface area contributed by atoms with Crippen molar-refractivity contribution in [2.45, 2.75) is 27.7 Å². The van der Waals surface area contributed by atoms with Crippen LogP contribution in [0.2, 0.25) is 5.15 Å². The van der Waals surface area contributed by atoms with E-state index in [1.165, 1.54) is 6.07 Å². The summed E-state index contributed by atoms with van der Waals surface area (Å²) in [5.41, 5.74) is 2.79. The van der Waals surface area contributed by atoms with Gasteiger partial charge >= 0.3 is 5.69 Å². The minimum Gasteiger partial charge on any atom is -0.430 e. The van der Waals surface area contributed by atoms with Crippen LogP contribution in [-0.4, -0.2) is 15.1 Å². The lowest BCUT2D eigenvalue weighted by Crippen LogP contribution is -2.01. The van der Waals surface area contributed by atoms with Gasteiger partial charge < -0.3 is 4.74 Å². The molecule has 0 aliphatic carbocycles. The van der Waals surface area contributed by atoms with Crippen molar-refractivity contribution in [3.8, 4) is 11.6 Å². The fraction of sp³-hybridized carbons (Fsp3) is 0.286. The molecule has 7 heteroatoms. The van der Waals surface area contributed by atoms with Gasteiger partial charge in [-0.2, -0.15) is 0 Å². The van der Waals surface area contributed by atoms with E-state index in [0.29, 0.717) is 11.1 Å². The number of rotatable bonds is 3. The van der Waals surface area contributed by atoms with Crippen LogP contribution in [0.15, 0.2) is 12.1 Å². The van der Waals surface area contributed by atoms with Crippen LogP contribution in [0.3, 0.4) is 0 Å². The molecule has 1 aromatic heterocycles. The standard InChI is InChI=1S/C14H14ClN3O3/c1-7-5-8(2)12(11(6-7)18(19)20)21-14-10(4)9(3)13(15)16-17-14/h5-6H,1-4H3. The quantitative estimate of drug-likeness (QED) is 0.631. The lowest BCUT2D eigenvalue weighted by Gasteiger charge is -2.12. The van der Waals surface area contributed by atoms with Crippen molar-refractivity contribution in [2.75, 3.05) is 0 Å². The molecule has 0 atom stereocenters. The molecule has 0 fully saturated rings. The summed E-state index contributed by atoms with van der Waals surface area (Å²) >= 11 is 5.89. The fourth-order valence-electron chi connectivity index (χ4n) is 1.95. The molecule has 1 aromatic carbocycles. The van der Waals surface area contributed by atoms with Crippen LogP contribution in [-0.2, 0) is 0 Å². The Bertz CT molecular complexity index is 732. The minimum atomic E-state index is -0.471.